The molecule has 0 unspecified atom stereocenters. The molecule has 0 radical (unpaired) electrons. The molecule has 5 nitrogen and oxygen atoms in total. The highest BCUT2D eigenvalue weighted by atomic mass is 16.5. The molecule has 21 heavy (non-hydrogen) atoms. The summed E-state index contributed by atoms with van der Waals surface area (Å²) in [6, 6.07) is 7.97. The first-order chi connectivity index (χ1) is 10.2. The van der Waals surface area contributed by atoms with E-state index in [4.69, 9.17) is 9.47 Å². The van der Waals surface area contributed by atoms with Crippen molar-refractivity contribution < 1.29 is 9.47 Å². The normalized spacial score (nSPS) is 10.5. The molecule has 0 aliphatic rings. The molecule has 0 atom stereocenters. The lowest BCUT2D eigenvalue weighted by molar-refractivity contribution is 0.178. The van der Waals surface area contributed by atoms with E-state index >= 15 is 0 Å². The number of nitrogens with one attached hydrogen (secondary N) is 1. The first-order valence-corrected chi connectivity index (χ1v) is 6.93. The third kappa shape index (κ3) is 3.70. The first kappa shape index (κ1) is 15.3. The van der Waals surface area contributed by atoms with Crippen LogP contribution in [0.2, 0.25) is 0 Å². The van der Waals surface area contributed by atoms with E-state index in [9.17, 15) is 0 Å². The molecule has 0 aliphatic carbocycles. The number of rotatable bonds is 6. The zero-order valence-electron chi connectivity index (χ0n) is 12.9. The summed E-state index contributed by atoms with van der Waals surface area (Å²) in [7, 11) is 3.30. The van der Waals surface area contributed by atoms with E-state index in [1.807, 2.05) is 32.0 Å². The van der Waals surface area contributed by atoms with E-state index in [1.165, 1.54) is 0 Å². The molecule has 0 spiro atoms. The second kappa shape index (κ2) is 7.04. The van der Waals surface area contributed by atoms with Crippen molar-refractivity contribution in [3.05, 3.63) is 35.7 Å². The van der Waals surface area contributed by atoms with Crippen LogP contribution in [-0.2, 0) is 11.3 Å². The minimum absolute atomic E-state index is 0.375. The van der Waals surface area contributed by atoms with E-state index in [-0.39, 0.29) is 0 Å². The fraction of sp³-hybridized carbons (Fsp3) is 0.375. The predicted octanol–water partition coefficient (Wildman–Crippen LogP) is 3.04. The highest BCUT2D eigenvalue weighted by Crippen LogP contribution is 2.30. The van der Waals surface area contributed by atoms with Gasteiger partial charge in [-0.2, -0.15) is 0 Å². The van der Waals surface area contributed by atoms with E-state index in [1.54, 1.807) is 14.2 Å². The topological polar surface area (TPSA) is 56.3 Å². The molecule has 0 bridgehead atoms. The first-order valence-electron chi connectivity index (χ1n) is 6.93. The lowest BCUT2D eigenvalue weighted by Crippen LogP contribution is -2.06. The number of aryl methyl sites for hydroxylation is 1. The molecule has 1 aromatic heterocycles. The van der Waals surface area contributed by atoms with Crippen LogP contribution in [0.15, 0.2) is 24.3 Å². The number of ether oxygens (including phenoxy) is 2. The number of methoxy groups -OCH3 is 2. The number of aromatic nitrogens is 2. The minimum Gasteiger partial charge on any atom is -0.496 e. The Morgan fingerprint density at radius 3 is 2.62 bits per heavy atom. The second-order valence-corrected chi connectivity index (χ2v) is 4.72. The quantitative estimate of drug-likeness (QED) is 0.885. The van der Waals surface area contributed by atoms with Crippen LogP contribution in [0.25, 0.3) is 11.3 Å². The minimum atomic E-state index is 0.375. The van der Waals surface area contributed by atoms with Crippen molar-refractivity contribution in [1.29, 1.82) is 0 Å². The molecule has 1 N–H and O–H groups in total. The molecule has 1 heterocycles. The van der Waals surface area contributed by atoms with Gasteiger partial charge >= 0.3 is 0 Å². The van der Waals surface area contributed by atoms with Crippen LogP contribution in [0.4, 0.5) is 5.82 Å². The van der Waals surface area contributed by atoms with Crippen LogP contribution >= 0.6 is 0 Å². The van der Waals surface area contributed by atoms with Gasteiger partial charge in [-0.25, -0.2) is 9.97 Å². The van der Waals surface area contributed by atoms with Crippen molar-refractivity contribution in [3.63, 3.8) is 0 Å². The number of hydrogen-bond acceptors (Lipinski definition) is 5. The third-order valence-electron chi connectivity index (χ3n) is 3.03. The Hall–Kier alpha value is -2.14. The van der Waals surface area contributed by atoms with Crippen LogP contribution in [0.5, 0.6) is 5.75 Å². The van der Waals surface area contributed by atoms with Gasteiger partial charge < -0.3 is 14.8 Å². The fourth-order valence-corrected chi connectivity index (χ4v) is 2.12. The maximum Gasteiger partial charge on any atom is 0.157 e. The number of benzene rings is 1. The summed E-state index contributed by atoms with van der Waals surface area (Å²) < 4.78 is 10.6. The van der Waals surface area contributed by atoms with Gasteiger partial charge in [-0.1, -0.05) is 11.6 Å². The fourth-order valence-electron chi connectivity index (χ4n) is 2.12. The van der Waals surface area contributed by atoms with E-state index < -0.39 is 0 Å². The lowest BCUT2D eigenvalue weighted by atomic mass is 10.1. The number of anilines is 1. The molecule has 2 rings (SSSR count). The maximum atomic E-state index is 5.44. The number of nitrogens with zero attached hydrogens (tertiary/aromatic N) is 2. The molecular weight excluding hydrogens is 266 g/mol. The van der Waals surface area contributed by atoms with Gasteiger partial charge in [-0.3, -0.25) is 0 Å². The Kier molecular flexibility index (Phi) is 5.11. The maximum absolute atomic E-state index is 5.44. The summed E-state index contributed by atoms with van der Waals surface area (Å²) >= 11 is 0. The highest BCUT2D eigenvalue weighted by Gasteiger charge is 2.11. The van der Waals surface area contributed by atoms with Gasteiger partial charge in [0.25, 0.3) is 0 Å². The Labute approximate surface area is 125 Å². The molecule has 1 aromatic carbocycles. The van der Waals surface area contributed by atoms with Crippen molar-refractivity contribution in [2.45, 2.75) is 20.5 Å². The van der Waals surface area contributed by atoms with E-state index in [0.717, 1.165) is 34.9 Å². The van der Waals surface area contributed by atoms with Crippen LogP contribution in [-0.4, -0.2) is 30.7 Å². The van der Waals surface area contributed by atoms with Crippen molar-refractivity contribution in [1.82, 2.24) is 9.97 Å². The van der Waals surface area contributed by atoms with Gasteiger partial charge in [0.05, 0.1) is 12.8 Å². The largest absolute Gasteiger partial charge is 0.496 e. The highest BCUT2D eigenvalue weighted by molar-refractivity contribution is 5.70. The number of hydrogen-bond donors (Lipinski definition) is 1. The Bertz CT molecular complexity index is 590. The molecule has 0 saturated carbocycles. The second-order valence-electron chi connectivity index (χ2n) is 4.72. The predicted molar refractivity (Wildman–Crippen MR) is 83.6 cm³/mol. The molecule has 0 fully saturated rings. The van der Waals surface area contributed by atoms with Gasteiger partial charge in [-0.05, 0) is 26.0 Å². The molecular formula is C16H21N3O2. The summed E-state index contributed by atoms with van der Waals surface area (Å²) in [6.07, 6.45) is 0. The van der Waals surface area contributed by atoms with Crippen LogP contribution in [0.1, 0.15) is 18.3 Å². The molecule has 112 valence electrons. The van der Waals surface area contributed by atoms with Crippen molar-refractivity contribution in [2.75, 3.05) is 26.1 Å². The van der Waals surface area contributed by atoms with Crippen molar-refractivity contribution in [3.8, 4) is 17.0 Å². The molecule has 2 aromatic rings. The van der Waals surface area contributed by atoms with E-state index in [0.29, 0.717) is 12.4 Å². The van der Waals surface area contributed by atoms with Crippen molar-refractivity contribution in [2.24, 2.45) is 0 Å². The van der Waals surface area contributed by atoms with Gasteiger partial charge in [0.15, 0.2) is 5.82 Å². The van der Waals surface area contributed by atoms with Gasteiger partial charge in [0.2, 0.25) is 0 Å². The zero-order chi connectivity index (χ0) is 15.2. The summed E-state index contributed by atoms with van der Waals surface area (Å²) in [5.74, 6) is 2.23. The Balaban J connectivity index is 2.53. The lowest BCUT2D eigenvalue weighted by Gasteiger charge is -2.12. The summed E-state index contributed by atoms with van der Waals surface area (Å²) in [5, 5.41) is 3.22. The Morgan fingerprint density at radius 2 is 1.95 bits per heavy atom. The monoisotopic (exact) mass is 287 g/mol. The van der Waals surface area contributed by atoms with E-state index in [2.05, 4.69) is 21.4 Å². The van der Waals surface area contributed by atoms with Gasteiger partial charge in [0, 0.05) is 25.3 Å². The Morgan fingerprint density at radius 1 is 1.14 bits per heavy atom. The third-order valence-corrected chi connectivity index (χ3v) is 3.03. The average Bonchev–Trinajstić information content (AvgIpc) is 2.47. The zero-order valence-corrected chi connectivity index (χ0v) is 12.9. The molecule has 0 aliphatic heterocycles. The molecule has 5 heteroatoms. The smallest absolute Gasteiger partial charge is 0.157 e. The standard InChI is InChI=1S/C16H21N3O2/c1-5-17-15-9-13(18-16(19-15)10-20-3)12-8-11(2)6-7-14(12)21-4/h6-9H,5,10H2,1-4H3,(H,17,18,19). The SMILES string of the molecule is CCNc1cc(-c2cc(C)ccc2OC)nc(COC)n1. The summed E-state index contributed by atoms with van der Waals surface area (Å²) in [4.78, 5) is 9.00. The van der Waals surface area contributed by atoms with Gasteiger partial charge in [0.1, 0.15) is 18.2 Å². The van der Waals surface area contributed by atoms with Crippen molar-refractivity contribution >= 4 is 5.82 Å². The van der Waals surface area contributed by atoms with Crippen LogP contribution < -0.4 is 10.1 Å². The summed E-state index contributed by atoms with van der Waals surface area (Å²) in [5.41, 5.74) is 2.94. The summed E-state index contributed by atoms with van der Waals surface area (Å²) in [6.45, 7) is 5.25. The van der Waals surface area contributed by atoms with Crippen LogP contribution in [0, 0.1) is 6.92 Å². The van der Waals surface area contributed by atoms with Crippen LogP contribution in [0.3, 0.4) is 0 Å². The average molecular weight is 287 g/mol. The molecule has 0 amide bonds. The van der Waals surface area contributed by atoms with Gasteiger partial charge in [-0.15, -0.1) is 0 Å². The molecule has 0 saturated heterocycles.